The molecular weight excluding hydrogens is 296 g/mol. The van der Waals surface area contributed by atoms with Crippen molar-refractivity contribution in [2.45, 2.75) is 24.3 Å². The monoisotopic (exact) mass is 310 g/mol. The minimum Gasteiger partial charge on any atom is -0.747 e. The summed E-state index contributed by atoms with van der Waals surface area (Å²) in [6, 6.07) is 0. The maximum absolute atomic E-state index is 9.94. The predicted molar refractivity (Wildman–Crippen MR) is 64.5 cm³/mol. The van der Waals surface area contributed by atoms with Crippen LogP contribution >= 0.6 is 0 Å². The molecule has 0 aromatic carbocycles. The smallest absolute Gasteiger partial charge is 0.747 e. The van der Waals surface area contributed by atoms with Crippen LogP contribution in [0.1, 0.15) is 13.8 Å². The van der Waals surface area contributed by atoms with E-state index in [1.165, 1.54) is 13.8 Å². The van der Waals surface area contributed by atoms with Crippen LogP contribution in [-0.2, 0) is 20.2 Å². The fourth-order valence-electron chi connectivity index (χ4n) is 0.236. The van der Waals surface area contributed by atoms with Crippen molar-refractivity contribution in [2.24, 2.45) is 0 Å². The Balaban J connectivity index is -0.000000218. The van der Waals surface area contributed by atoms with Crippen molar-refractivity contribution in [1.29, 1.82) is 0 Å². The van der Waals surface area contributed by atoms with Gasteiger partial charge < -0.3 is 9.11 Å². The summed E-state index contributed by atoms with van der Waals surface area (Å²) in [5.41, 5.74) is 0. The molecule has 2 atom stereocenters. The minimum atomic E-state index is -4.12. The van der Waals surface area contributed by atoms with Gasteiger partial charge in [-0.2, -0.15) is 0 Å². The van der Waals surface area contributed by atoms with E-state index in [2.05, 4.69) is 13.2 Å². The van der Waals surface area contributed by atoms with Crippen LogP contribution in [0.15, 0.2) is 25.3 Å². The number of rotatable bonds is 4. The molecule has 0 aromatic rings. The Morgan fingerprint density at radius 1 is 0.882 bits per heavy atom. The van der Waals surface area contributed by atoms with Crippen molar-refractivity contribution in [3.63, 3.8) is 0 Å². The molecular formula is C8H14CaO6S2. The van der Waals surface area contributed by atoms with E-state index in [1.54, 1.807) is 0 Å². The Hall–Kier alpha value is 0.560. The molecule has 0 aliphatic heterocycles. The molecule has 0 heterocycles. The van der Waals surface area contributed by atoms with Crippen molar-refractivity contribution < 1.29 is 25.9 Å². The molecule has 17 heavy (non-hydrogen) atoms. The summed E-state index contributed by atoms with van der Waals surface area (Å²) in [5, 5.41) is -1.94. The Kier molecular flexibility index (Phi) is 12.7. The van der Waals surface area contributed by atoms with E-state index in [0.717, 1.165) is 12.2 Å². The van der Waals surface area contributed by atoms with Crippen molar-refractivity contribution in [2.75, 3.05) is 0 Å². The standard InChI is InChI=1S/2C4H8O3S.Ca/c2*1-3-4(2)8(5,6)7;/h2*3-4H,1H2,2H3,(H,5,6,7);/q;;+2/p-2. The van der Waals surface area contributed by atoms with E-state index in [-0.39, 0.29) is 37.7 Å². The fraction of sp³-hybridized carbons (Fsp3) is 0.500. The van der Waals surface area contributed by atoms with Crippen molar-refractivity contribution in [1.82, 2.24) is 0 Å². The van der Waals surface area contributed by atoms with Gasteiger partial charge in [-0.05, 0) is 13.8 Å². The minimum absolute atomic E-state index is 0. The van der Waals surface area contributed by atoms with Crippen molar-refractivity contribution in [3.05, 3.63) is 25.3 Å². The van der Waals surface area contributed by atoms with E-state index in [0.29, 0.717) is 0 Å². The maximum atomic E-state index is 9.94. The second kappa shape index (κ2) is 9.48. The first-order chi connectivity index (χ1) is 6.96. The van der Waals surface area contributed by atoms with Crippen LogP contribution in [0.5, 0.6) is 0 Å². The predicted octanol–water partition coefficient (Wildman–Crippen LogP) is -0.169. The van der Waals surface area contributed by atoms with Gasteiger partial charge >= 0.3 is 37.7 Å². The Bertz CT molecular complexity index is 383. The summed E-state index contributed by atoms with van der Waals surface area (Å²) in [5.74, 6) is 0. The van der Waals surface area contributed by atoms with Crippen LogP contribution in [0.3, 0.4) is 0 Å². The van der Waals surface area contributed by atoms with Gasteiger partial charge in [-0.3, -0.25) is 0 Å². The van der Waals surface area contributed by atoms with Crippen LogP contribution in [0.4, 0.5) is 0 Å². The van der Waals surface area contributed by atoms with Gasteiger partial charge in [-0.15, -0.1) is 13.2 Å². The molecule has 0 bridgehead atoms. The second-order valence-electron chi connectivity index (χ2n) is 2.87. The largest absolute Gasteiger partial charge is 2.00 e. The third-order valence-electron chi connectivity index (χ3n) is 1.57. The zero-order chi connectivity index (χ0) is 13.6. The maximum Gasteiger partial charge on any atom is 2.00 e. The zero-order valence-corrected chi connectivity index (χ0v) is 13.5. The number of hydrogen-bond acceptors (Lipinski definition) is 6. The summed E-state index contributed by atoms with van der Waals surface area (Å²) >= 11 is 0. The number of hydrogen-bond donors (Lipinski definition) is 0. The first kappa shape index (κ1) is 22.7. The summed E-state index contributed by atoms with van der Waals surface area (Å²) in [6.07, 6.45) is 2.20. The van der Waals surface area contributed by atoms with Crippen LogP contribution in [0, 0.1) is 0 Å². The second-order valence-corrected chi connectivity index (χ2v) is 6.33. The summed E-state index contributed by atoms with van der Waals surface area (Å²) < 4.78 is 59.6. The summed E-state index contributed by atoms with van der Waals surface area (Å²) in [6.45, 7) is 8.87. The fourth-order valence-corrected chi connectivity index (χ4v) is 0.707. The molecule has 0 aliphatic carbocycles. The van der Waals surface area contributed by atoms with Crippen LogP contribution in [-0.4, -0.2) is 74.2 Å². The Morgan fingerprint density at radius 2 is 1.06 bits per heavy atom. The van der Waals surface area contributed by atoms with Gasteiger partial charge in [0.15, 0.2) is 0 Å². The molecule has 2 unspecified atom stereocenters. The molecule has 0 rings (SSSR count). The van der Waals surface area contributed by atoms with E-state index in [1.807, 2.05) is 0 Å². The summed E-state index contributed by atoms with van der Waals surface area (Å²) in [4.78, 5) is 0. The van der Waals surface area contributed by atoms with E-state index < -0.39 is 30.7 Å². The average Bonchev–Trinajstić information content (AvgIpc) is 2.13. The molecule has 0 fully saturated rings. The third-order valence-corrected chi connectivity index (χ3v) is 3.78. The zero-order valence-electron chi connectivity index (χ0n) is 9.70. The van der Waals surface area contributed by atoms with Crippen molar-refractivity contribution in [3.8, 4) is 0 Å². The summed E-state index contributed by atoms with van der Waals surface area (Å²) in [7, 11) is -8.24. The molecule has 0 amide bonds. The Morgan fingerprint density at radius 3 is 1.06 bits per heavy atom. The topological polar surface area (TPSA) is 114 Å². The molecule has 0 saturated heterocycles. The van der Waals surface area contributed by atoms with E-state index in [9.17, 15) is 25.9 Å². The SMILES string of the molecule is C=CC(C)S(=O)(=O)[O-].C=CC(C)S(=O)(=O)[O-].[Ca+2]. The average molecular weight is 310 g/mol. The van der Waals surface area contributed by atoms with Gasteiger partial charge in [-0.1, -0.05) is 12.2 Å². The first-order valence-corrected chi connectivity index (χ1v) is 7.05. The molecule has 96 valence electrons. The molecule has 0 spiro atoms. The van der Waals surface area contributed by atoms with E-state index >= 15 is 0 Å². The van der Waals surface area contributed by atoms with Gasteiger partial charge in [0.2, 0.25) is 0 Å². The first-order valence-electron chi connectivity index (χ1n) is 4.11. The van der Waals surface area contributed by atoms with Crippen LogP contribution in [0.25, 0.3) is 0 Å². The van der Waals surface area contributed by atoms with Gasteiger partial charge in [0.25, 0.3) is 0 Å². The van der Waals surface area contributed by atoms with Crippen molar-refractivity contribution >= 4 is 58.0 Å². The quantitative estimate of drug-likeness (QED) is 0.404. The van der Waals surface area contributed by atoms with Gasteiger partial charge in [0, 0.05) is 0 Å². The third kappa shape index (κ3) is 12.8. The molecule has 0 saturated carbocycles. The van der Waals surface area contributed by atoms with Gasteiger partial charge in [0.1, 0.15) is 20.2 Å². The van der Waals surface area contributed by atoms with E-state index in [4.69, 9.17) is 0 Å². The van der Waals surface area contributed by atoms with Crippen LogP contribution in [0.2, 0.25) is 0 Å². The molecule has 6 nitrogen and oxygen atoms in total. The molecule has 0 radical (unpaired) electrons. The van der Waals surface area contributed by atoms with Crippen LogP contribution < -0.4 is 0 Å². The van der Waals surface area contributed by atoms with Gasteiger partial charge in [-0.25, -0.2) is 16.8 Å². The molecule has 0 aromatic heterocycles. The molecule has 0 aliphatic rings. The molecule has 9 heteroatoms. The normalized spacial score (nSPS) is 14.4. The van der Waals surface area contributed by atoms with Gasteiger partial charge in [0.05, 0.1) is 10.5 Å². The molecule has 0 N–H and O–H groups in total. The Labute approximate surface area is 132 Å².